The SMILES string of the molecule is CCN1CCC(=CC(=O)Nc2cc3c(Nc4ccc(OCc5cccc(F)c5)c(Cl)c4)c(C#N)cnc3cc2OCCOC)CC1. The molecule has 4 aromatic rings. The molecule has 0 bridgehead atoms. The van der Waals surface area contributed by atoms with Gasteiger partial charge in [-0.1, -0.05) is 36.2 Å². The molecule has 2 N–H and O–H groups in total. The predicted octanol–water partition coefficient (Wildman–Crippen LogP) is 7.23. The number of carbonyl (C=O) groups excluding carboxylic acids is 1. The lowest BCUT2D eigenvalue weighted by atomic mass is 10.0. The van der Waals surface area contributed by atoms with Crippen molar-refractivity contribution < 1.29 is 23.4 Å². The molecule has 1 aliphatic rings. The standard InChI is InChI=1S/C35H35ClFN5O4/c1-3-42-11-9-23(10-12-42)16-34(43)41-31-18-28-30(19-33(31)45-14-13-44-2)39-21-25(20-38)35(28)40-27-7-8-32(29(36)17-27)46-22-24-5-4-6-26(37)15-24/h4-8,15-19,21H,3,9-14,22H2,1-2H3,(H,39,40)(H,41,43). The summed E-state index contributed by atoms with van der Waals surface area (Å²) in [5, 5.41) is 17.2. The fourth-order valence-corrected chi connectivity index (χ4v) is 5.41. The monoisotopic (exact) mass is 643 g/mol. The Balaban J connectivity index is 1.42. The highest BCUT2D eigenvalue weighted by atomic mass is 35.5. The highest BCUT2D eigenvalue weighted by Gasteiger charge is 2.18. The number of amides is 1. The van der Waals surface area contributed by atoms with Gasteiger partial charge in [-0.15, -0.1) is 0 Å². The average molecular weight is 644 g/mol. The lowest BCUT2D eigenvalue weighted by Gasteiger charge is -2.26. The van der Waals surface area contributed by atoms with Gasteiger partial charge in [0, 0.05) is 49.6 Å². The minimum Gasteiger partial charge on any atom is -0.489 e. The molecule has 1 saturated heterocycles. The third kappa shape index (κ3) is 8.31. The first kappa shape index (κ1) is 32.7. The largest absolute Gasteiger partial charge is 0.489 e. The van der Waals surface area contributed by atoms with Crippen LogP contribution in [-0.2, 0) is 16.1 Å². The van der Waals surface area contributed by atoms with E-state index in [4.69, 9.17) is 25.8 Å². The van der Waals surface area contributed by atoms with E-state index in [-0.39, 0.29) is 24.9 Å². The fraction of sp³-hybridized carbons (Fsp3) is 0.286. The number of benzene rings is 3. The van der Waals surface area contributed by atoms with Crippen LogP contribution in [0.3, 0.4) is 0 Å². The summed E-state index contributed by atoms with van der Waals surface area (Å²) in [6, 6.07) is 17.0. The van der Waals surface area contributed by atoms with Crippen LogP contribution in [0, 0.1) is 17.1 Å². The summed E-state index contributed by atoms with van der Waals surface area (Å²) in [5.41, 5.74) is 4.15. The number of ether oxygens (including phenoxy) is 3. The lowest BCUT2D eigenvalue weighted by molar-refractivity contribution is -0.112. The molecule has 9 nitrogen and oxygen atoms in total. The topological polar surface area (TPSA) is 109 Å². The molecule has 0 unspecified atom stereocenters. The average Bonchev–Trinajstić information content (AvgIpc) is 3.05. The number of fused-ring (bicyclic) bond motifs is 1. The molecular formula is C35H35ClFN5O4. The lowest BCUT2D eigenvalue weighted by Crippen LogP contribution is -2.30. The molecule has 46 heavy (non-hydrogen) atoms. The second-order valence-corrected chi connectivity index (χ2v) is 11.2. The zero-order valence-electron chi connectivity index (χ0n) is 25.7. The smallest absolute Gasteiger partial charge is 0.248 e. The number of hydrogen-bond donors (Lipinski definition) is 2. The third-order valence-electron chi connectivity index (χ3n) is 7.66. The zero-order valence-corrected chi connectivity index (χ0v) is 26.5. The van der Waals surface area contributed by atoms with Crippen molar-refractivity contribution in [1.82, 2.24) is 9.88 Å². The molecule has 1 fully saturated rings. The molecule has 1 aromatic heterocycles. The Labute approximate surface area is 272 Å². The number of piperidine rings is 1. The van der Waals surface area contributed by atoms with Gasteiger partial charge in [-0.25, -0.2) is 4.39 Å². The summed E-state index contributed by atoms with van der Waals surface area (Å²) in [6.07, 6.45) is 4.83. The number of carbonyl (C=O) groups is 1. The Bertz CT molecular complexity index is 1780. The Kier molecular flexibility index (Phi) is 11.0. The number of nitrogens with one attached hydrogen (secondary N) is 2. The van der Waals surface area contributed by atoms with Crippen LogP contribution in [-0.4, -0.2) is 55.7 Å². The summed E-state index contributed by atoms with van der Waals surface area (Å²) in [7, 11) is 1.58. The van der Waals surface area contributed by atoms with E-state index in [9.17, 15) is 14.4 Å². The van der Waals surface area contributed by atoms with Crippen molar-refractivity contribution in [3.63, 3.8) is 0 Å². The van der Waals surface area contributed by atoms with E-state index < -0.39 is 0 Å². The van der Waals surface area contributed by atoms with Crippen LogP contribution in [0.5, 0.6) is 11.5 Å². The van der Waals surface area contributed by atoms with Gasteiger partial charge < -0.3 is 29.7 Å². The second kappa shape index (κ2) is 15.5. The van der Waals surface area contributed by atoms with Crippen LogP contribution in [0.15, 0.2) is 72.4 Å². The van der Waals surface area contributed by atoms with Crippen molar-refractivity contribution in [3.05, 3.63) is 94.4 Å². The van der Waals surface area contributed by atoms with Crippen LogP contribution in [0.2, 0.25) is 5.02 Å². The Morgan fingerprint density at radius 2 is 1.93 bits per heavy atom. The van der Waals surface area contributed by atoms with Gasteiger partial charge in [-0.3, -0.25) is 9.78 Å². The Hall–Kier alpha value is -4.69. The molecule has 0 radical (unpaired) electrons. The van der Waals surface area contributed by atoms with E-state index in [1.807, 2.05) is 0 Å². The maximum Gasteiger partial charge on any atom is 0.248 e. The molecule has 5 rings (SSSR count). The van der Waals surface area contributed by atoms with Crippen molar-refractivity contribution in [2.24, 2.45) is 0 Å². The summed E-state index contributed by atoms with van der Waals surface area (Å²) >= 11 is 6.55. The van der Waals surface area contributed by atoms with Crippen LogP contribution >= 0.6 is 11.6 Å². The number of pyridine rings is 1. The number of likely N-dealkylation sites (tertiary alicyclic amines) is 1. The normalized spacial score (nSPS) is 13.2. The predicted molar refractivity (Wildman–Crippen MR) is 177 cm³/mol. The Morgan fingerprint density at radius 3 is 2.65 bits per heavy atom. The quantitative estimate of drug-likeness (QED) is 0.123. The van der Waals surface area contributed by atoms with Gasteiger partial charge in [0.2, 0.25) is 5.91 Å². The number of halogens is 2. The van der Waals surface area contributed by atoms with E-state index in [2.05, 4.69) is 33.5 Å². The second-order valence-electron chi connectivity index (χ2n) is 10.8. The molecule has 0 atom stereocenters. The number of hydrogen-bond acceptors (Lipinski definition) is 8. The number of nitrogens with zero attached hydrogens (tertiary/aromatic N) is 3. The molecule has 0 spiro atoms. The van der Waals surface area contributed by atoms with Gasteiger partial charge in [0.1, 0.15) is 36.6 Å². The van der Waals surface area contributed by atoms with Gasteiger partial charge in [-0.2, -0.15) is 5.26 Å². The molecular weight excluding hydrogens is 609 g/mol. The number of anilines is 3. The van der Waals surface area contributed by atoms with Crippen molar-refractivity contribution in [2.45, 2.75) is 26.4 Å². The van der Waals surface area contributed by atoms with Crippen LogP contribution in [0.25, 0.3) is 10.9 Å². The van der Waals surface area contributed by atoms with Crippen molar-refractivity contribution in [2.75, 3.05) is 50.6 Å². The first-order valence-corrected chi connectivity index (χ1v) is 15.4. The van der Waals surface area contributed by atoms with Gasteiger partial charge in [0.05, 0.1) is 34.1 Å². The van der Waals surface area contributed by atoms with E-state index in [1.54, 1.807) is 55.7 Å². The highest BCUT2D eigenvalue weighted by Crippen LogP contribution is 2.37. The molecule has 0 saturated carbocycles. The van der Waals surface area contributed by atoms with Gasteiger partial charge in [-0.05, 0) is 61.3 Å². The number of rotatable bonds is 12. The molecule has 11 heteroatoms. The Morgan fingerprint density at radius 1 is 1.11 bits per heavy atom. The van der Waals surface area contributed by atoms with Crippen molar-refractivity contribution >= 4 is 45.5 Å². The van der Waals surface area contributed by atoms with Gasteiger partial charge in [0.25, 0.3) is 0 Å². The zero-order chi connectivity index (χ0) is 32.5. The van der Waals surface area contributed by atoms with E-state index in [1.165, 1.54) is 18.3 Å². The van der Waals surface area contributed by atoms with Crippen LogP contribution in [0.4, 0.5) is 21.5 Å². The maximum absolute atomic E-state index is 13.5. The minimum absolute atomic E-state index is 0.148. The fourth-order valence-electron chi connectivity index (χ4n) is 5.17. The van der Waals surface area contributed by atoms with E-state index in [0.29, 0.717) is 62.2 Å². The van der Waals surface area contributed by atoms with Crippen LogP contribution in [0.1, 0.15) is 30.9 Å². The molecule has 1 amide bonds. The summed E-state index contributed by atoms with van der Waals surface area (Å²) in [5.74, 6) is 0.262. The molecule has 1 aliphatic heterocycles. The van der Waals surface area contributed by atoms with E-state index in [0.717, 1.165) is 38.0 Å². The summed E-state index contributed by atoms with van der Waals surface area (Å²) in [4.78, 5) is 20.0. The number of methoxy groups -OCH3 is 1. The third-order valence-corrected chi connectivity index (χ3v) is 7.95. The van der Waals surface area contributed by atoms with Gasteiger partial charge in [0.15, 0.2) is 0 Å². The summed E-state index contributed by atoms with van der Waals surface area (Å²) in [6.45, 7) is 5.77. The maximum atomic E-state index is 13.5. The summed E-state index contributed by atoms with van der Waals surface area (Å²) < 4.78 is 30.5. The van der Waals surface area contributed by atoms with Gasteiger partial charge >= 0.3 is 0 Å². The van der Waals surface area contributed by atoms with Crippen molar-refractivity contribution in [3.8, 4) is 17.6 Å². The molecule has 3 aromatic carbocycles. The highest BCUT2D eigenvalue weighted by molar-refractivity contribution is 6.32. The van der Waals surface area contributed by atoms with E-state index >= 15 is 0 Å². The number of nitriles is 1. The molecule has 2 heterocycles. The molecule has 238 valence electrons. The first-order valence-electron chi connectivity index (χ1n) is 15.0. The number of aromatic nitrogens is 1. The molecule has 0 aliphatic carbocycles. The first-order chi connectivity index (χ1) is 22.4. The van der Waals surface area contributed by atoms with Crippen molar-refractivity contribution in [1.29, 1.82) is 5.26 Å². The van der Waals surface area contributed by atoms with Crippen LogP contribution < -0.4 is 20.1 Å². The minimum atomic E-state index is -0.342.